The fraction of sp³-hybridized carbons (Fsp3) is 0.538. The van der Waals surface area contributed by atoms with Crippen molar-refractivity contribution >= 4 is 15.5 Å². The lowest BCUT2D eigenvalue weighted by molar-refractivity contribution is 0.394. The largest absolute Gasteiger partial charge is 0.497 e. The third kappa shape index (κ3) is 4.98. The second-order valence-electron chi connectivity index (χ2n) is 4.35. The van der Waals surface area contributed by atoms with E-state index in [1.54, 1.807) is 39.3 Å². The van der Waals surface area contributed by atoms with Crippen molar-refractivity contribution in [1.82, 2.24) is 0 Å². The van der Waals surface area contributed by atoms with E-state index in [4.69, 9.17) is 9.47 Å². The van der Waals surface area contributed by atoms with Gasteiger partial charge in [0.05, 0.1) is 20.0 Å². The zero-order chi connectivity index (χ0) is 14.5. The average Bonchev–Trinajstić information content (AvgIpc) is 2.37. The van der Waals surface area contributed by atoms with Crippen molar-refractivity contribution in [2.45, 2.75) is 19.9 Å². The molecule has 0 aromatic heterocycles. The zero-order valence-corrected chi connectivity index (χ0v) is 12.6. The molecular weight excluding hydrogens is 266 g/mol. The van der Waals surface area contributed by atoms with E-state index in [1.165, 1.54) is 0 Å². The van der Waals surface area contributed by atoms with Crippen LogP contribution >= 0.6 is 0 Å². The highest BCUT2D eigenvalue weighted by Gasteiger charge is 2.14. The zero-order valence-electron chi connectivity index (χ0n) is 11.8. The van der Waals surface area contributed by atoms with Gasteiger partial charge in [0.15, 0.2) is 9.84 Å². The maximum absolute atomic E-state index is 11.6. The van der Waals surface area contributed by atoms with E-state index in [1.807, 2.05) is 6.92 Å². The first-order chi connectivity index (χ1) is 8.90. The molecule has 1 aromatic carbocycles. The summed E-state index contributed by atoms with van der Waals surface area (Å²) in [6.45, 7) is 3.48. The summed E-state index contributed by atoms with van der Waals surface area (Å²) in [5.74, 6) is 1.57. The molecule has 0 spiro atoms. The van der Waals surface area contributed by atoms with Gasteiger partial charge in [-0.05, 0) is 6.92 Å². The van der Waals surface area contributed by atoms with Gasteiger partial charge >= 0.3 is 0 Å². The van der Waals surface area contributed by atoms with Crippen LogP contribution in [-0.4, -0.2) is 40.2 Å². The molecule has 108 valence electrons. The first kappa shape index (κ1) is 15.6. The summed E-state index contributed by atoms with van der Waals surface area (Å²) >= 11 is 0. The van der Waals surface area contributed by atoms with E-state index in [0.717, 1.165) is 5.69 Å². The molecule has 0 saturated heterocycles. The quantitative estimate of drug-likeness (QED) is 0.830. The molecule has 0 bridgehead atoms. The van der Waals surface area contributed by atoms with Crippen LogP contribution in [0.25, 0.3) is 0 Å². The highest BCUT2D eigenvalue weighted by Crippen LogP contribution is 2.26. The van der Waals surface area contributed by atoms with Gasteiger partial charge in [0, 0.05) is 35.7 Å². The molecule has 0 radical (unpaired) electrons. The van der Waals surface area contributed by atoms with Crippen LogP contribution in [0.1, 0.15) is 13.8 Å². The van der Waals surface area contributed by atoms with Gasteiger partial charge < -0.3 is 14.8 Å². The van der Waals surface area contributed by atoms with E-state index >= 15 is 0 Å². The lowest BCUT2D eigenvalue weighted by Crippen LogP contribution is -2.26. The van der Waals surface area contributed by atoms with E-state index < -0.39 is 9.84 Å². The predicted molar refractivity (Wildman–Crippen MR) is 77.0 cm³/mol. The van der Waals surface area contributed by atoms with Crippen molar-refractivity contribution in [3.8, 4) is 11.5 Å². The van der Waals surface area contributed by atoms with Crippen LogP contribution in [0.4, 0.5) is 5.69 Å². The predicted octanol–water partition coefficient (Wildman–Crippen LogP) is 1.94. The van der Waals surface area contributed by atoms with Gasteiger partial charge in [0.25, 0.3) is 0 Å². The monoisotopic (exact) mass is 287 g/mol. The van der Waals surface area contributed by atoms with Crippen molar-refractivity contribution in [2.24, 2.45) is 0 Å². The molecule has 0 aliphatic heterocycles. The van der Waals surface area contributed by atoms with Gasteiger partial charge in [-0.25, -0.2) is 8.42 Å². The number of sulfone groups is 1. The van der Waals surface area contributed by atoms with Crippen LogP contribution in [0.5, 0.6) is 11.5 Å². The Balaban J connectivity index is 2.81. The minimum atomic E-state index is -3.00. The molecule has 0 saturated carbocycles. The summed E-state index contributed by atoms with van der Waals surface area (Å²) in [4.78, 5) is 0. The van der Waals surface area contributed by atoms with Crippen molar-refractivity contribution in [2.75, 3.05) is 31.0 Å². The number of nitrogens with one attached hydrogen (secondary N) is 1. The number of ether oxygens (including phenoxy) is 2. The summed E-state index contributed by atoms with van der Waals surface area (Å²) in [5, 5.41) is 3.14. The molecule has 6 heteroatoms. The molecule has 0 heterocycles. The Morgan fingerprint density at radius 2 is 1.68 bits per heavy atom. The third-order valence-electron chi connectivity index (χ3n) is 2.71. The van der Waals surface area contributed by atoms with Gasteiger partial charge in [-0.15, -0.1) is 0 Å². The second kappa shape index (κ2) is 6.65. The molecular formula is C13H21NO4S. The van der Waals surface area contributed by atoms with Gasteiger partial charge in [-0.1, -0.05) is 6.92 Å². The van der Waals surface area contributed by atoms with Gasteiger partial charge in [0.1, 0.15) is 11.5 Å². The Labute approximate surface area is 114 Å². The van der Waals surface area contributed by atoms with Crippen LogP contribution in [-0.2, 0) is 9.84 Å². The number of anilines is 1. The standard InChI is InChI=1S/C13H21NO4S/c1-5-19(15,16)9-10(2)14-11-6-12(17-3)8-13(7-11)18-4/h6-8,10,14H,5,9H2,1-4H3. The maximum Gasteiger partial charge on any atom is 0.152 e. The van der Waals surface area contributed by atoms with Crippen molar-refractivity contribution in [3.63, 3.8) is 0 Å². The van der Waals surface area contributed by atoms with Crippen molar-refractivity contribution < 1.29 is 17.9 Å². The second-order valence-corrected chi connectivity index (χ2v) is 6.74. The Hall–Kier alpha value is -1.43. The SMILES string of the molecule is CCS(=O)(=O)CC(C)Nc1cc(OC)cc(OC)c1. The number of rotatable bonds is 7. The van der Waals surface area contributed by atoms with Crippen LogP contribution in [0, 0.1) is 0 Å². The molecule has 1 N–H and O–H groups in total. The summed E-state index contributed by atoms with van der Waals surface area (Å²) in [5.41, 5.74) is 0.773. The fourth-order valence-electron chi connectivity index (χ4n) is 1.72. The molecule has 0 fully saturated rings. The average molecular weight is 287 g/mol. The first-order valence-electron chi connectivity index (χ1n) is 6.10. The van der Waals surface area contributed by atoms with E-state index in [9.17, 15) is 8.42 Å². The van der Waals surface area contributed by atoms with Crippen LogP contribution in [0.3, 0.4) is 0 Å². The molecule has 0 aliphatic carbocycles. The normalized spacial score (nSPS) is 12.8. The Kier molecular flexibility index (Phi) is 5.47. The van der Waals surface area contributed by atoms with E-state index in [0.29, 0.717) is 11.5 Å². The Bertz CT molecular complexity index is 491. The lowest BCUT2D eigenvalue weighted by Gasteiger charge is -2.16. The summed E-state index contributed by atoms with van der Waals surface area (Å²) < 4.78 is 33.4. The van der Waals surface area contributed by atoms with Crippen LogP contribution < -0.4 is 14.8 Å². The van der Waals surface area contributed by atoms with E-state index in [-0.39, 0.29) is 17.5 Å². The van der Waals surface area contributed by atoms with Gasteiger partial charge in [0.2, 0.25) is 0 Å². The number of hydrogen-bond acceptors (Lipinski definition) is 5. The Morgan fingerprint density at radius 1 is 1.16 bits per heavy atom. The number of benzene rings is 1. The minimum absolute atomic E-state index is 0.100. The molecule has 19 heavy (non-hydrogen) atoms. The molecule has 0 aliphatic rings. The number of methoxy groups -OCH3 is 2. The minimum Gasteiger partial charge on any atom is -0.497 e. The first-order valence-corrected chi connectivity index (χ1v) is 7.92. The van der Waals surface area contributed by atoms with E-state index in [2.05, 4.69) is 5.32 Å². The van der Waals surface area contributed by atoms with Gasteiger partial charge in [-0.3, -0.25) is 0 Å². The molecule has 1 atom stereocenters. The van der Waals surface area contributed by atoms with Crippen LogP contribution in [0.2, 0.25) is 0 Å². The summed E-state index contributed by atoms with van der Waals surface area (Å²) in [6, 6.07) is 5.19. The van der Waals surface area contributed by atoms with Crippen LogP contribution in [0.15, 0.2) is 18.2 Å². The topological polar surface area (TPSA) is 64.6 Å². The van der Waals surface area contributed by atoms with Gasteiger partial charge in [-0.2, -0.15) is 0 Å². The molecule has 5 nitrogen and oxygen atoms in total. The summed E-state index contributed by atoms with van der Waals surface area (Å²) in [6.07, 6.45) is 0. The molecule has 1 aromatic rings. The molecule has 0 amide bonds. The molecule has 1 unspecified atom stereocenters. The highest BCUT2D eigenvalue weighted by atomic mass is 32.2. The third-order valence-corrected chi connectivity index (χ3v) is 4.60. The van der Waals surface area contributed by atoms with Crippen molar-refractivity contribution in [1.29, 1.82) is 0 Å². The Morgan fingerprint density at radius 3 is 2.11 bits per heavy atom. The maximum atomic E-state index is 11.6. The summed E-state index contributed by atoms with van der Waals surface area (Å²) in [7, 11) is 0.151. The number of hydrogen-bond donors (Lipinski definition) is 1. The smallest absolute Gasteiger partial charge is 0.152 e. The molecule has 1 rings (SSSR count). The highest BCUT2D eigenvalue weighted by molar-refractivity contribution is 7.91. The fourth-order valence-corrected chi connectivity index (χ4v) is 2.80. The lowest BCUT2D eigenvalue weighted by atomic mass is 10.2. The van der Waals surface area contributed by atoms with Crippen molar-refractivity contribution in [3.05, 3.63) is 18.2 Å².